The fourth-order valence-corrected chi connectivity index (χ4v) is 4.70. The van der Waals surface area contributed by atoms with Crippen molar-refractivity contribution in [1.82, 2.24) is 15.2 Å². The van der Waals surface area contributed by atoms with Crippen LogP contribution < -0.4 is 5.32 Å². The van der Waals surface area contributed by atoms with Crippen molar-refractivity contribution < 1.29 is 18.8 Å². The monoisotopic (exact) mass is 470 g/mol. The molecular formula is C27H26N4O4. The Morgan fingerprint density at radius 1 is 1.09 bits per heavy atom. The third-order valence-corrected chi connectivity index (χ3v) is 6.69. The third kappa shape index (κ3) is 3.90. The Kier molecular flexibility index (Phi) is 5.72. The van der Waals surface area contributed by atoms with Gasteiger partial charge < -0.3 is 9.73 Å². The molecule has 1 saturated heterocycles. The average Bonchev–Trinajstić information content (AvgIpc) is 3.61. The highest BCUT2D eigenvalue weighted by Crippen LogP contribution is 2.35. The summed E-state index contributed by atoms with van der Waals surface area (Å²) in [6, 6.07) is 19.5. The van der Waals surface area contributed by atoms with Crippen molar-refractivity contribution in [3.8, 4) is 0 Å². The molecule has 8 heteroatoms. The Morgan fingerprint density at radius 2 is 1.83 bits per heavy atom. The fourth-order valence-electron chi connectivity index (χ4n) is 4.70. The first-order chi connectivity index (χ1) is 16.9. The number of aryl methyl sites for hydroxylation is 1. The Hall–Kier alpha value is -4.20. The largest absolute Gasteiger partial charge is 0.467 e. The van der Waals surface area contributed by atoms with Crippen LogP contribution in [0.25, 0.3) is 0 Å². The van der Waals surface area contributed by atoms with E-state index in [-0.39, 0.29) is 0 Å². The molecule has 178 valence electrons. The molecule has 0 saturated carbocycles. The average molecular weight is 471 g/mol. The minimum absolute atomic E-state index is 0.362. The van der Waals surface area contributed by atoms with Gasteiger partial charge in [-0.15, -0.1) is 0 Å². The van der Waals surface area contributed by atoms with Crippen molar-refractivity contribution in [3.05, 3.63) is 95.4 Å². The van der Waals surface area contributed by atoms with Crippen molar-refractivity contribution in [2.75, 3.05) is 6.54 Å². The second-order valence-electron chi connectivity index (χ2n) is 8.83. The lowest BCUT2D eigenvalue weighted by atomic mass is 9.87. The predicted octanol–water partition coefficient (Wildman–Crippen LogP) is 4.12. The molecule has 3 aromatic rings. The van der Waals surface area contributed by atoms with Gasteiger partial charge in [-0.05, 0) is 36.6 Å². The van der Waals surface area contributed by atoms with Gasteiger partial charge in [-0.3, -0.25) is 14.5 Å². The minimum atomic E-state index is -1.19. The second kappa shape index (κ2) is 8.87. The summed E-state index contributed by atoms with van der Waals surface area (Å²) in [6.07, 6.45) is 2.38. The number of nitrogens with one attached hydrogen (secondary N) is 1. The number of carbonyl (C=O) groups is 3. The molecule has 3 heterocycles. The number of urea groups is 1. The van der Waals surface area contributed by atoms with Crippen molar-refractivity contribution in [3.63, 3.8) is 0 Å². The van der Waals surface area contributed by atoms with Gasteiger partial charge in [0, 0.05) is 6.42 Å². The lowest BCUT2D eigenvalue weighted by Gasteiger charge is -2.26. The molecule has 1 fully saturated rings. The number of imide groups is 1. The zero-order valence-corrected chi connectivity index (χ0v) is 19.6. The molecule has 8 nitrogen and oxygen atoms in total. The van der Waals surface area contributed by atoms with Crippen LogP contribution in [0.3, 0.4) is 0 Å². The Balaban J connectivity index is 1.42. The van der Waals surface area contributed by atoms with E-state index >= 15 is 0 Å². The van der Waals surface area contributed by atoms with Crippen LogP contribution in [-0.4, -0.2) is 40.0 Å². The molecular weight excluding hydrogens is 444 g/mol. The number of carbonyl (C=O) groups excluding carboxylic acids is 3. The van der Waals surface area contributed by atoms with Gasteiger partial charge >= 0.3 is 6.03 Å². The van der Waals surface area contributed by atoms with Crippen LogP contribution in [0.4, 0.5) is 4.79 Å². The number of furan rings is 1. The lowest BCUT2D eigenvalue weighted by molar-refractivity contribution is -0.140. The Morgan fingerprint density at radius 3 is 2.49 bits per heavy atom. The standard InChI is InChI=1S/C27H26N4O4/c1-3-27(20-8-5-4-6-9-20)25(33)30(26(34)28-27)17-24(32)31-22(23-10-7-15-35-23)16-21(29-31)19-13-11-18(2)12-14-19/h4-15,22H,3,16-17H2,1-2H3,(H,28,34). The molecule has 5 rings (SSSR count). The van der Waals surface area contributed by atoms with E-state index in [9.17, 15) is 14.4 Å². The Bertz CT molecular complexity index is 1280. The molecule has 2 unspecified atom stereocenters. The minimum Gasteiger partial charge on any atom is -0.467 e. The van der Waals surface area contributed by atoms with Gasteiger partial charge in [0.15, 0.2) is 0 Å². The molecule has 4 amide bonds. The van der Waals surface area contributed by atoms with E-state index < -0.39 is 36.0 Å². The van der Waals surface area contributed by atoms with Crippen molar-refractivity contribution in [2.45, 2.75) is 38.3 Å². The molecule has 0 aliphatic carbocycles. The summed E-state index contributed by atoms with van der Waals surface area (Å²) in [4.78, 5) is 40.8. The Labute approximate surface area is 203 Å². The number of hydrogen-bond acceptors (Lipinski definition) is 5. The predicted molar refractivity (Wildman–Crippen MR) is 129 cm³/mol. The van der Waals surface area contributed by atoms with Crippen LogP contribution in [0.1, 0.15) is 48.3 Å². The van der Waals surface area contributed by atoms with Crippen molar-refractivity contribution >= 4 is 23.6 Å². The molecule has 1 aromatic heterocycles. The quantitative estimate of drug-likeness (QED) is 0.548. The topological polar surface area (TPSA) is 95.2 Å². The number of amides is 4. The highest BCUT2D eigenvalue weighted by Gasteiger charge is 2.52. The maximum atomic E-state index is 13.5. The van der Waals surface area contributed by atoms with Gasteiger partial charge in [0.05, 0.1) is 12.0 Å². The molecule has 1 N–H and O–H groups in total. The number of nitrogens with zero attached hydrogens (tertiary/aromatic N) is 3. The zero-order valence-electron chi connectivity index (χ0n) is 19.6. The van der Waals surface area contributed by atoms with Gasteiger partial charge in [0.1, 0.15) is 23.9 Å². The van der Waals surface area contributed by atoms with E-state index in [4.69, 9.17) is 4.42 Å². The molecule has 2 aliphatic heterocycles. The van der Waals surface area contributed by atoms with Gasteiger partial charge in [-0.1, -0.05) is 67.1 Å². The van der Waals surface area contributed by atoms with Crippen LogP contribution in [0.2, 0.25) is 0 Å². The first-order valence-corrected chi connectivity index (χ1v) is 11.6. The summed E-state index contributed by atoms with van der Waals surface area (Å²) in [7, 11) is 0. The molecule has 2 atom stereocenters. The van der Waals surface area contributed by atoms with Crippen LogP contribution in [-0.2, 0) is 15.1 Å². The summed E-state index contributed by atoms with van der Waals surface area (Å²) in [5.74, 6) is -0.313. The summed E-state index contributed by atoms with van der Waals surface area (Å²) in [6.45, 7) is 3.43. The molecule has 2 aromatic carbocycles. The maximum Gasteiger partial charge on any atom is 0.325 e. The highest BCUT2D eigenvalue weighted by atomic mass is 16.3. The number of rotatable bonds is 6. The summed E-state index contributed by atoms with van der Waals surface area (Å²) in [5, 5.41) is 8.76. The molecule has 0 radical (unpaired) electrons. The normalized spacial score (nSPS) is 21.9. The van der Waals surface area contributed by atoms with E-state index in [2.05, 4.69) is 10.4 Å². The van der Waals surface area contributed by atoms with Crippen LogP contribution in [0.15, 0.2) is 82.5 Å². The molecule has 0 spiro atoms. The van der Waals surface area contributed by atoms with E-state index in [0.717, 1.165) is 21.7 Å². The first-order valence-electron chi connectivity index (χ1n) is 11.6. The van der Waals surface area contributed by atoms with Crippen LogP contribution in [0.5, 0.6) is 0 Å². The van der Waals surface area contributed by atoms with Gasteiger partial charge in [-0.2, -0.15) is 5.10 Å². The van der Waals surface area contributed by atoms with E-state index in [1.54, 1.807) is 30.5 Å². The third-order valence-electron chi connectivity index (χ3n) is 6.69. The van der Waals surface area contributed by atoms with E-state index in [1.165, 1.54) is 5.01 Å². The summed E-state index contributed by atoms with van der Waals surface area (Å²) in [5.41, 5.74) is 2.26. The molecule has 35 heavy (non-hydrogen) atoms. The number of hydrogen-bond donors (Lipinski definition) is 1. The van der Waals surface area contributed by atoms with Gasteiger partial charge in [0.2, 0.25) is 0 Å². The molecule has 2 aliphatic rings. The van der Waals surface area contributed by atoms with Gasteiger partial charge in [-0.25, -0.2) is 9.80 Å². The number of hydrazone groups is 1. The molecule has 0 bridgehead atoms. The zero-order chi connectivity index (χ0) is 24.6. The van der Waals surface area contributed by atoms with Crippen molar-refractivity contribution in [2.24, 2.45) is 5.10 Å². The fraction of sp³-hybridized carbons (Fsp3) is 0.259. The smallest absolute Gasteiger partial charge is 0.325 e. The maximum absolute atomic E-state index is 13.5. The second-order valence-corrected chi connectivity index (χ2v) is 8.83. The van der Waals surface area contributed by atoms with Crippen LogP contribution >= 0.6 is 0 Å². The van der Waals surface area contributed by atoms with Crippen molar-refractivity contribution in [1.29, 1.82) is 0 Å². The first kappa shape index (κ1) is 22.6. The van der Waals surface area contributed by atoms with E-state index in [1.807, 2.05) is 56.3 Å². The number of benzene rings is 2. The SMILES string of the molecule is CCC1(c2ccccc2)NC(=O)N(CC(=O)N2N=C(c3ccc(C)cc3)CC2c2ccco2)C1=O. The van der Waals surface area contributed by atoms with Crippen LogP contribution in [0, 0.1) is 6.92 Å². The highest BCUT2D eigenvalue weighted by molar-refractivity contribution is 6.10. The van der Waals surface area contributed by atoms with Gasteiger partial charge in [0.25, 0.3) is 11.8 Å². The lowest BCUT2D eigenvalue weighted by Crippen LogP contribution is -2.45. The summed E-state index contributed by atoms with van der Waals surface area (Å²) < 4.78 is 5.59. The van der Waals surface area contributed by atoms with E-state index in [0.29, 0.717) is 24.2 Å². The summed E-state index contributed by atoms with van der Waals surface area (Å²) >= 11 is 0.